The third-order valence-corrected chi connectivity index (χ3v) is 2.03. The van der Waals surface area contributed by atoms with Crippen molar-refractivity contribution in [3.8, 4) is 0 Å². The van der Waals surface area contributed by atoms with Gasteiger partial charge in [-0.1, -0.05) is 6.92 Å². The van der Waals surface area contributed by atoms with Gasteiger partial charge in [0.1, 0.15) is 0 Å². The summed E-state index contributed by atoms with van der Waals surface area (Å²) in [5.41, 5.74) is 0. The van der Waals surface area contributed by atoms with E-state index >= 15 is 0 Å². The van der Waals surface area contributed by atoms with Gasteiger partial charge < -0.3 is 9.88 Å². The highest BCUT2D eigenvalue weighted by atomic mass is 15.0. The molecule has 0 aliphatic heterocycles. The van der Waals surface area contributed by atoms with Crippen LogP contribution >= 0.6 is 0 Å². The van der Waals surface area contributed by atoms with Gasteiger partial charge in [-0.2, -0.15) is 0 Å². The second kappa shape index (κ2) is 4.93. The number of rotatable bonds is 5. The number of imidazole rings is 1. The van der Waals surface area contributed by atoms with Gasteiger partial charge in [0.2, 0.25) is 0 Å². The van der Waals surface area contributed by atoms with Gasteiger partial charge in [0.15, 0.2) is 0 Å². The Morgan fingerprint density at radius 3 is 3.00 bits per heavy atom. The van der Waals surface area contributed by atoms with Gasteiger partial charge in [-0.3, -0.25) is 0 Å². The molecule has 0 amide bonds. The molecule has 0 aliphatic carbocycles. The molecule has 1 unspecified atom stereocenters. The quantitative estimate of drug-likeness (QED) is 0.715. The summed E-state index contributed by atoms with van der Waals surface area (Å²) < 4.78 is 2.08. The van der Waals surface area contributed by atoms with E-state index in [1.807, 2.05) is 18.7 Å². The maximum Gasteiger partial charge on any atom is 0.0946 e. The number of aromatic nitrogens is 2. The summed E-state index contributed by atoms with van der Waals surface area (Å²) in [4.78, 5) is 3.98. The van der Waals surface area contributed by atoms with Crippen molar-refractivity contribution in [2.75, 3.05) is 6.54 Å². The highest BCUT2D eigenvalue weighted by Crippen LogP contribution is 1.88. The van der Waals surface area contributed by atoms with E-state index in [9.17, 15) is 0 Å². The minimum atomic E-state index is 0.619. The Labute approximate surface area is 73.8 Å². The van der Waals surface area contributed by atoms with Crippen LogP contribution in [0.25, 0.3) is 0 Å². The summed E-state index contributed by atoms with van der Waals surface area (Å²) in [7, 11) is 0. The van der Waals surface area contributed by atoms with Crippen molar-refractivity contribution >= 4 is 0 Å². The molecule has 1 N–H and O–H groups in total. The summed E-state index contributed by atoms with van der Waals surface area (Å²) >= 11 is 0. The van der Waals surface area contributed by atoms with Crippen LogP contribution in [0.3, 0.4) is 0 Å². The summed E-state index contributed by atoms with van der Waals surface area (Å²) in [6, 6.07) is 0.619. The van der Waals surface area contributed by atoms with Crippen LogP contribution in [0, 0.1) is 0 Å². The first-order chi connectivity index (χ1) is 5.83. The zero-order valence-corrected chi connectivity index (χ0v) is 7.83. The average molecular weight is 167 g/mol. The fourth-order valence-electron chi connectivity index (χ4n) is 1.00. The van der Waals surface area contributed by atoms with Crippen LogP contribution in [0.2, 0.25) is 0 Å². The van der Waals surface area contributed by atoms with Crippen LogP contribution in [0.1, 0.15) is 20.3 Å². The molecular formula is C9H17N3. The standard InChI is InChI=1S/C9H17N3/c1-3-9(2)11-5-7-12-6-4-10-8-12/h4,6,8-9,11H,3,5,7H2,1-2H3. The molecule has 3 nitrogen and oxygen atoms in total. The van der Waals surface area contributed by atoms with Gasteiger partial charge in [-0.15, -0.1) is 0 Å². The van der Waals surface area contributed by atoms with E-state index in [-0.39, 0.29) is 0 Å². The largest absolute Gasteiger partial charge is 0.336 e. The van der Waals surface area contributed by atoms with E-state index in [1.54, 1.807) is 0 Å². The molecule has 0 saturated carbocycles. The zero-order chi connectivity index (χ0) is 8.81. The highest BCUT2D eigenvalue weighted by Gasteiger charge is 1.95. The third kappa shape index (κ3) is 3.05. The molecule has 3 heteroatoms. The second-order valence-electron chi connectivity index (χ2n) is 3.06. The van der Waals surface area contributed by atoms with Crippen molar-refractivity contribution in [3.63, 3.8) is 0 Å². The van der Waals surface area contributed by atoms with Crippen molar-refractivity contribution in [1.82, 2.24) is 14.9 Å². The van der Waals surface area contributed by atoms with Crippen LogP contribution < -0.4 is 5.32 Å². The monoisotopic (exact) mass is 167 g/mol. The molecule has 0 fully saturated rings. The predicted octanol–water partition coefficient (Wildman–Crippen LogP) is 1.27. The molecule has 1 aromatic rings. The fraction of sp³-hybridized carbons (Fsp3) is 0.667. The van der Waals surface area contributed by atoms with Crippen molar-refractivity contribution in [2.24, 2.45) is 0 Å². The number of hydrogen-bond donors (Lipinski definition) is 1. The molecule has 1 rings (SSSR count). The molecule has 0 saturated heterocycles. The lowest BCUT2D eigenvalue weighted by atomic mass is 10.3. The average Bonchev–Trinajstić information content (AvgIpc) is 2.57. The summed E-state index contributed by atoms with van der Waals surface area (Å²) in [6.45, 7) is 6.42. The molecule has 0 bridgehead atoms. The Hall–Kier alpha value is -0.830. The summed E-state index contributed by atoms with van der Waals surface area (Å²) in [5, 5.41) is 3.42. The molecule has 0 spiro atoms. The molecule has 0 radical (unpaired) electrons. The topological polar surface area (TPSA) is 29.9 Å². The van der Waals surface area contributed by atoms with E-state index in [1.165, 1.54) is 6.42 Å². The van der Waals surface area contributed by atoms with Gasteiger partial charge in [0.25, 0.3) is 0 Å². The number of hydrogen-bond acceptors (Lipinski definition) is 2. The Kier molecular flexibility index (Phi) is 3.80. The normalized spacial score (nSPS) is 13.2. The SMILES string of the molecule is CCC(C)NCCn1ccnc1. The Balaban J connectivity index is 2.11. The minimum absolute atomic E-state index is 0.619. The fourth-order valence-corrected chi connectivity index (χ4v) is 1.00. The summed E-state index contributed by atoms with van der Waals surface area (Å²) in [6.07, 6.45) is 6.82. The van der Waals surface area contributed by atoms with E-state index in [0.717, 1.165) is 13.1 Å². The Bertz CT molecular complexity index is 194. The van der Waals surface area contributed by atoms with Crippen LogP contribution in [-0.2, 0) is 6.54 Å². The molecule has 1 aromatic heterocycles. The van der Waals surface area contributed by atoms with Crippen LogP contribution in [0.15, 0.2) is 18.7 Å². The molecule has 68 valence electrons. The van der Waals surface area contributed by atoms with Crippen LogP contribution in [0.4, 0.5) is 0 Å². The molecule has 12 heavy (non-hydrogen) atoms. The smallest absolute Gasteiger partial charge is 0.0946 e. The summed E-state index contributed by atoms with van der Waals surface area (Å²) in [5.74, 6) is 0. The number of nitrogens with one attached hydrogen (secondary N) is 1. The lowest BCUT2D eigenvalue weighted by molar-refractivity contribution is 0.504. The molecule has 0 aromatic carbocycles. The second-order valence-corrected chi connectivity index (χ2v) is 3.06. The zero-order valence-electron chi connectivity index (χ0n) is 7.83. The van der Waals surface area contributed by atoms with Crippen molar-refractivity contribution in [3.05, 3.63) is 18.7 Å². The first-order valence-corrected chi connectivity index (χ1v) is 4.52. The maximum absolute atomic E-state index is 3.98. The minimum Gasteiger partial charge on any atom is -0.336 e. The van der Waals surface area contributed by atoms with Gasteiger partial charge in [-0.05, 0) is 13.3 Å². The van der Waals surface area contributed by atoms with Gasteiger partial charge >= 0.3 is 0 Å². The van der Waals surface area contributed by atoms with Crippen LogP contribution in [-0.4, -0.2) is 22.1 Å². The molecule has 0 aliphatic rings. The highest BCUT2D eigenvalue weighted by molar-refractivity contribution is 4.74. The first kappa shape index (κ1) is 9.26. The van der Waals surface area contributed by atoms with E-state index in [2.05, 4.69) is 28.7 Å². The Morgan fingerprint density at radius 1 is 1.58 bits per heavy atom. The van der Waals surface area contributed by atoms with Crippen molar-refractivity contribution < 1.29 is 0 Å². The first-order valence-electron chi connectivity index (χ1n) is 4.52. The van der Waals surface area contributed by atoms with Gasteiger partial charge in [0, 0.05) is 31.5 Å². The molecular weight excluding hydrogens is 150 g/mol. The molecule has 1 heterocycles. The van der Waals surface area contributed by atoms with E-state index in [4.69, 9.17) is 0 Å². The Morgan fingerprint density at radius 2 is 2.42 bits per heavy atom. The number of nitrogens with zero attached hydrogens (tertiary/aromatic N) is 2. The van der Waals surface area contributed by atoms with Crippen molar-refractivity contribution in [2.45, 2.75) is 32.9 Å². The lowest BCUT2D eigenvalue weighted by Crippen LogP contribution is -2.28. The van der Waals surface area contributed by atoms with Gasteiger partial charge in [-0.25, -0.2) is 4.98 Å². The maximum atomic E-state index is 3.98. The van der Waals surface area contributed by atoms with Gasteiger partial charge in [0.05, 0.1) is 6.33 Å². The lowest BCUT2D eigenvalue weighted by Gasteiger charge is -2.10. The third-order valence-electron chi connectivity index (χ3n) is 2.03. The van der Waals surface area contributed by atoms with Crippen LogP contribution in [0.5, 0.6) is 0 Å². The van der Waals surface area contributed by atoms with E-state index < -0.39 is 0 Å². The van der Waals surface area contributed by atoms with E-state index in [0.29, 0.717) is 6.04 Å². The van der Waals surface area contributed by atoms with Crippen molar-refractivity contribution in [1.29, 1.82) is 0 Å². The predicted molar refractivity (Wildman–Crippen MR) is 50.0 cm³/mol. The molecule has 1 atom stereocenters.